The number of carbonyl (C=O) groups excluding carboxylic acids is 1. The lowest BCUT2D eigenvalue weighted by molar-refractivity contribution is 0.0946. The summed E-state index contributed by atoms with van der Waals surface area (Å²) in [5.41, 5.74) is 1.76. The summed E-state index contributed by atoms with van der Waals surface area (Å²) in [6.07, 6.45) is 0. The minimum atomic E-state index is -3.74. The Kier molecular flexibility index (Phi) is 5.06. The van der Waals surface area contributed by atoms with Gasteiger partial charge in [-0.15, -0.1) is 0 Å². The average molecular weight is 389 g/mol. The number of fused-ring (bicyclic) bond motifs is 1. The highest BCUT2D eigenvalue weighted by Gasteiger charge is 2.15. The number of nitrogens with two attached hydrogens (primary N) is 1. The number of carbonyl (C=O) groups is 1. The van der Waals surface area contributed by atoms with Gasteiger partial charge in [0.15, 0.2) is 0 Å². The number of nitrogens with one attached hydrogen (secondary N) is 2. The Morgan fingerprint density at radius 3 is 2.30 bits per heavy atom. The molecule has 0 aliphatic heterocycles. The van der Waals surface area contributed by atoms with Crippen LogP contribution in [0.1, 0.15) is 16.1 Å². The molecule has 1 heterocycles. The van der Waals surface area contributed by atoms with Gasteiger partial charge in [-0.25, -0.2) is 13.6 Å². The predicted molar refractivity (Wildman–Crippen MR) is 100 cm³/mol. The maximum atomic E-state index is 12.5. The summed E-state index contributed by atoms with van der Waals surface area (Å²) in [5.74, 6) is 0.911. The van der Waals surface area contributed by atoms with Crippen LogP contribution in [0.5, 0.6) is 11.5 Å². The summed E-state index contributed by atoms with van der Waals surface area (Å²) in [7, 11) is -0.635. The number of methoxy groups -OCH3 is 2. The Morgan fingerprint density at radius 2 is 1.70 bits per heavy atom. The second-order valence-corrected chi connectivity index (χ2v) is 7.37. The second kappa shape index (κ2) is 7.29. The van der Waals surface area contributed by atoms with E-state index in [0.29, 0.717) is 22.7 Å². The first-order valence-electron chi connectivity index (χ1n) is 7.97. The van der Waals surface area contributed by atoms with Crippen LogP contribution in [0, 0.1) is 0 Å². The fourth-order valence-electron chi connectivity index (χ4n) is 2.71. The molecule has 0 spiro atoms. The van der Waals surface area contributed by atoms with Gasteiger partial charge in [0, 0.05) is 11.9 Å². The maximum absolute atomic E-state index is 12.5. The van der Waals surface area contributed by atoms with Crippen molar-refractivity contribution >= 4 is 26.8 Å². The first-order valence-corrected chi connectivity index (χ1v) is 9.51. The fourth-order valence-corrected chi connectivity index (χ4v) is 3.23. The van der Waals surface area contributed by atoms with Crippen LogP contribution in [0.3, 0.4) is 0 Å². The lowest BCUT2D eigenvalue weighted by Crippen LogP contribution is -2.23. The Hall–Kier alpha value is -3.04. The van der Waals surface area contributed by atoms with E-state index >= 15 is 0 Å². The van der Waals surface area contributed by atoms with E-state index in [2.05, 4.69) is 10.3 Å². The van der Waals surface area contributed by atoms with Gasteiger partial charge in [0.25, 0.3) is 5.91 Å². The smallest absolute Gasteiger partial charge is 0.268 e. The highest BCUT2D eigenvalue weighted by Crippen LogP contribution is 2.33. The number of hydrogen-bond donors (Lipinski definition) is 3. The molecule has 8 nitrogen and oxygen atoms in total. The molecule has 0 aliphatic rings. The van der Waals surface area contributed by atoms with Crippen LogP contribution in [0.2, 0.25) is 0 Å². The number of ether oxygens (including phenoxy) is 2. The zero-order chi connectivity index (χ0) is 19.6. The molecule has 0 atom stereocenters. The molecule has 0 unspecified atom stereocenters. The van der Waals surface area contributed by atoms with Gasteiger partial charge in [0.2, 0.25) is 10.0 Å². The van der Waals surface area contributed by atoms with Gasteiger partial charge >= 0.3 is 0 Å². The van der Waals surface area contributed by atoms with Crippen LogP contribution in [0.4, 0.5) is 0 Å². The van der Waals surface area contributed by atoms with Crippen molar-refractivity contribution in [2.24, 2.45) is 5.14 Å². The van der Waals surface area contributed by atoms with E-state index in [-0.39, 0.29) is 17.3 Å². The van der Waals surface area contributed by atoms with E-state index in [0.717, 1.165) is 10.9 Å². The van der Waals surface area contributed by atoms with Crippen LogP contribution >= 0.6 is 0 Å². The van der Waals surface area contributed by atoms with Gasteiger partial charge in [0.1, 0.15) is 17.2 Å². The summed E-state index contributed by atoms with van der Waals surface area (Å²) < 4.78 is 33.2. The van der Waals surface area contributed by atoms with E-state index in [4.69, 9.17) is 14.6 Å². The van der Waals surface area contributed by atoms with Gasteiger partial charge in [-0.2, -0.15) is 0 Å². The van der Waals surface area contributed by atoms with E-state index in [1.54, 1.807) is 44.6 Å². The molecule has 3 aromatic rings. The molecular formula is C18H19N3O5S. The molecule has 1 amide bonds. The van der Waals surface area contributed by atoms with Crippen LogP contribution in [-0.4, -0.2) is 33.5 Å². The lowest BCUT2D eigenvalue weighted by Gasteiger charge is -2.05. The van der Waals surface area contributed by atoms with Gasteiger partial charge < -0.3 is 19.8 Å². The Labute approximate surface area is 156 Å². The molecule has 0 aliphatic carbocycles. The van der Waals surface area contributed by atoms with Gasteiger partial charge in [-0.1, -0.05) is 12.1 Å². The Balaban J connectivity index is 1.78. The molecule has 27 heavy (non-hydrogen) atoms. The number of sulfonamides is 1. The number of primary sulfonamides is 1. The summed E-state index contributed by atoms with van der Waals surface area (Å²) in [6, 6.07) is 11.2. The van der Waals surface area contributed by atoms with Crippen molar-refractivity contribution in [3.05, 3.63) is 53.7 Å². The first kappa shape index (κ1) is 18.7. The SMILES string of the molecule is COc1ccc(OC)c2[nH]c(C(=O)NCc3ccc(S(N)(=O)=O)cc3)cc12. The summed E-state index contributed by atoms with van der Waals surface area (Å²) >= 11 is 0. The molecule has 1 aromatic heterocycles. The molecule has 4 N–H and O–H groups in total. The van der Waals surface area contributed by atoms with Crippen molar-refractivity contribution in [2.75, 3.05) is 14.2 Å². The lowest BCUT2D eigenvalue weighted by atomic mass is 10.2. The number of aromatic amines is 1. The normalized spacial score (nSPS) is 11.4. The van der Waals surface area contributed by atoms with Gasteiger partial charge in [-0.3, -0.25) is 4.79 Å². The molecule has 142 valence electrons. The van der Waals surface area contributed by atoms with Crippen molar-refractivity contribution in [3.8, 4) is 11.5 Å². The molecule has 3 rings (SSSR count). The Bertz CT molecular complexity index is 1050. The van der Waals surface area contributed by atoms with Crippen LogP contribution < -0.4 is 19.9 Å². The molecule has 9 heteroatoms. The number of hydrogen-bond acceptors (Lipinski definition) is 5. The zero-order valence-electron chi connectivity index (χ0n) is 14.8. The third-order valence-corrected chi connectivity index (χ3v) is 5.03. The van der Waals surface area contributed by atoms with E-state index in [1.807, 2.05) is 0 Å². The minimum Gasteiger partial charge on any atom is -0.496 e. The first-order chi connectivity index (χ1) is 12.8. The number of H-pyrrole nitrogens is 1. The molecule has 0 saturated heterocycles. The number of rotatable bonds is 6. The summed E-state index contributed by atoms with van der Waals surface area (Å²) in [5, 5.41) is 8.58. The summed E-state index contributed by atoms with van der Waals surface area (Å²) in [6.45, 7) is 0.230. The summed E-state index contributed by atoms with van der Waals surface area (Å²) in [4.78, 5) is 15.5. The standard InChI is InChI=1S/C18H19N3O5S/c1-25-15-7-8-16(26-2)17-13(15)9-14(21-17)18(22)20-10-11-3-5-12(6-4-11)27(19,23)24/h3-9,21H,10H2,1-2H3,(H,20,22)(H2,19,23,24). The van der Waals surface area contributed by atoms with Crippen molar-refractivity contribution < 1.29 is 22.7 Å². The number of amides is 1. The van der Waals surface area contributed by atoms with Crippen molar-refractivity contribution in [3.63, 3.8) is 0 Å². The van der Waals surface area contributed by atoms with Gasteiger partial charge in [0.05, 0.1) is 24.6 Å². The largest absolute Gasteiger partial charge is 0.496 e. The Morgan fingerprint density at radius 1 is 1.07 bits per heavy atom. The molecule has 0 saturated carbocycles. The third kappa shape index (κ3) is 3.88. The topological polar surface area (TPSA) is 124 Å². The quantitative estimate of drug-likeness (QED) is 0.593. The van der Waals surface area contributed by atoms with E-state index in [1.165, 1.54) is 12.1 Å². The van der Waals surface area contributed by atoms with Crippen molar-refractivity contribution in [2.45, 2.75) is 11.4 Å². The number of aromatic nitrogens is 1. The van der Waals surface area contributed by atoms with E-state index in [9.17, 15) is 13.2 Å². The highest BCUT2D eigenvalue weighted by molar-refractivity contribution is 7.89. The van der Waals surface area contributed by atoms with E-state index < -0.39 is 10.0 Å². The average Bonchev–Trinajstić information content (AvgIpc) is 3.10. The maximum Gasteiger partial charge on any atom is 0.268 e. The van der Waals surface area contributed by atoms with Crippen LogP contribution in [-0.2, 0) is 16.6 Å². The molecular weight excluding hydrogens is 370 g/mol. The second-order valence-electron chi connectivity index (χ2n) is 5.81. The monoisotopic (exact) mass is 389 g/mol. The van der Waals surface area contributed by atoms with Crippen LogP contribution in [0.15, 0.2) is 47.4 Å². The highest BCUT2D eigenvalue weighted by atomic mass is 32.2. The minimum absolute atomic E-state index is 0.0207. The van der Waals surface area contributed by atoms with Gasteiger partial charge in [-0.05, 0) is 35.9 Å². The fraction of sp³-hybridized carbons (Fsp3) is 0.167. The molecule has 0 radical (unpaired) electrons. The molecule has 2 aromatic carbocycles. The molecule has 0 fully saturated rings. The van der Waals surface area contributed by atoms with Crippen molar-refractivity contribution in [1.82, 2.24) is 10.3 Å². The zero-order valence-corrected chi connectivity index (χ0v) is 15.6. The molecule has 0 bridgehead atoms. The predicted octanol–water partition coefficient (Wildman–Crippen LogP) is 1.76. The third-order valence-electron chi connectivity index (χ3n) is 4.11. The van der Waals surface area contributed by atoms with Crippen LogP contribution in [0.25, 0.3) is 10.9 Å². The number of benzene rings is 2. The van der Waals surface area contributed by atoms with Crippen molar-refractivity contribution in [1.29, 1.82) is 0 Å².